The lowest BCUT2D eigenvalue weighted by atomic mass is 10.1. The molecule has 3 aromatic heterocycles. The van der Waals surface area contributed by atoms with E-state index in [1.807, 2.05) is 47.2 Å². The van der Waals surface area contributed by atoms with Gasteiger partial charge in [0.25, 0.3) is 11.1 Å². The van der Waals surface area contributed by atoms with Crippen LogP contribution in [0.4, 0.5) is 0 Å². The number of oxazole rings is 1. The highest BCUT2D eigenvalue weighted by atomic mass is 32.2. The van der Waals surface area contributed by atoms with Gasteiger partial charge in [0, 0.05) is 11.3 Å². The fraction of sp³-hybridized carbons (Fsp3) is 0.150. The predicted octanol–water partition coefficient (Wildman–Crippen LogP) is 5.42. The third-order valence-corrected chi connectivity index (χ3v) is 7.14. The first kappa shape index (κ1) is 17.7. The van der Waals surface area contributed by atoms with Gasteiger partial charge in [-0.15, -0.1) is 22.7 Å². The van der Waals surface area contributed by atoms with Crippen LogP contribution in [-0.2, 0) is 4.79 Å². The highest BCUT2D eigenvalue weighted by Crippen LogP contribution is 2.36. The average Bonchev–Trinajstić information content (AvgIpc) is 3.50. The predicted molar refractivity (Wildman–Crippen MR) is 114 cm³/mol. The minimum atomic E-state index is -0.0474. The van der Waals surface area contributed by atoms with Crippen molar-refractivity contribution in [1.29, 1.82) is 0 Å². The summed E-state index contributed by atoms with van der Waals surface area (Å²) in [5, 5.41) is 10.9. The molecule has 0 radical (unpaired) electrons. The molecule has 0 spiro atoms. The first-order valence-corrected chi connectivity index (χ1v) is 11.5. The van der Waals surface area contributed by atoms with Crippen molar-refractivity contribution in [2.45, 2.75) is 17.7 Å². The number of para-hydroxylation sites is 2. The molecule has 1 amide bonds. The molecular formula is C20H15N3O2S3. The average molecular weight is 426 g/mol. The van der Waals surface area contributed by atoms with Gasteiger partial charge in [0.15, 0.2) is 5.58 Å². The molecule has 1 aromatic carbocycles. The third-order valence-electron chi connectivity index (χ3n) is 4.44. The smallest absolute Gasteiger partial charge is 0.257 e. The maximum absolute atomic E-state index is 13.0. The van der Waals surface area contributed by atoms with Crippen molar-refractivity contribution in [2.75, 3.05) is 5.75 Å². The lowest BCUT2D eigenvalue weighted by Gasteiger charge is -2.20. The van der Waals surface area contributed by atoms with Crippen LogP contribution in [0.5, 0.6) is 0 Å². The Hall–Kier alpha value is -2.42. The molecular weight excluding hydrogens is 410 g/mol. The van der Waals surface area contributed by atoms with Crippen LogP contribution in [0.15, 0.2) is 74.0 Å². The van der Waals surface area contributed by atoms with Crippen LogP contribution in [0.25, 0.3) is 11.1 Å². The van der Waals surface area contributed by atoms with Gasteiger partial charge < -0.3 is 4.42 Å². The number of thioether (sulfide) groups is 1. The summed E-state index contributed by atoms with van der Waals surface area (Å²) in [6.07, 6.45) is 0.736. The van der Waals surface area contributed by atoms with Gasteiger partial charge in [-0.2, -0.15) is 5.10 Å². The molecule has 0 unspecified atom stereocenters. The SMILES string of the molecule is O=C(CSc1nc2ccccc2o1)N1N=C(c2cccs2)C[C@H]1c1cccs1. The summed E-state index contributed by atoms with van der Waals surface area (Å²) in [6, 6.07) is 15.7. The summed E-state index contributed by atoms with van der Waals surface area (Å²) in [6.45, 7) is 0. The van der Waals surface area contributed by atoms with Crippen molar-refractivity contribution in [2.24, 2.45) is 5.10 Å². The highest BCUT2D eigenvalue weighted by Gasteiger charge is 2.34. The van der Waals surface area contributed by atoms with Crippen molar-refractivity contribution in [1.82, 2.24) is 9.99 Å². The zero-order valence-corrected chi connectivity index (χ0v) is 17.1. The van der Waals surface area contributed by atoms with Crippen LogP contribution in [0.3, 0.4) is 0 Å². The number of rotatable bonds is 5. The number of amides is 1. The normalized spacial score (nSPS) is 16.6. The van der Waals surface area contributed by atoms with Gasteiger partial charge in [-0.25, -0.2) is 9.99 Å². The number of aromatic nitrogens is 1. The Morgan fingerprint density at radius 3 is 2.79 bits per heavy atom. The molecule has 140 valence electrons. The van der Waals surface area contributed by atoms with Gasteiger partial charge in [-0.3, -0.25) is 4.79 Å². The largest absolute Gasteiger partial charge is 0.431 e. The van der Waals surface area contributed by atoms with E-state index in [0.717, 1.165) is 33.0 Å². The first-order valence-electron chi connectivity index (χ1n) is 8.73. The molecule has 1 aliphatic rings. The number of benzene rings is 1. The lowest BCUT2D eigenvalue weighted by Crippen LogP contribution is -2.28. The van der Waals surface area contributed by atoms with Crippen LogP contribution in [0.2, 0.25) is 0 Å². The van der Waals surface area contributed by atoms with Crippen molar-refractivity contribution in [3.63, 3.8) is 0 Å². The molecule has 0 saturated heterocycles. The van der Waals surface area contributed by atoms with E-state index < -0.39 is 0 Å². The molecule has 5 nitrogen and oxygen atoms in total. The number of nitrogens with zero attached hydrogens (tertiary/aromatic N) is 3. The molecule has 5 rings (SSSR count). The number of hydrogen-bond donors (Lipinski definition) is 0. The van der Waals surface area contributed by atoms with Gasteiger partial charge in [0.05, 0.1) is 22.4 Å². The minimum Gasteiger partial charge on any atom is -0.431 e. The third kappa shape index (κ3) is 3.39. The maximum atomic E-state index is 13.0. The molecule has 4 aromatic rings. The second-order valence-electron chi connectivity index (χ2n) is 6.23. The van der Waals surface area contributed by atoms with E-state index in [2.05, 4.69) is 22.2 Å². The lowest BCUT2D eigenvalue weighted by molar-refractivity contribution is -0.130. The van der Waals surface area contributed by atoms with Crippen LogP contribution < -0.4 is 0 Å². The summed E-state index contributed by atoms with van der Waals surface area (Å²) in [5.41, 5.74) is 2.50. The molecule has 8 heteroatoms. The topological polar surface area (TPSA) is 58.7 Å². The second-order valence-corrected chi connectivity index (χ2v) is 9.09. The molecule has 1 atom stereocenters. The molecule has 0 N–H and O–H groups in total. The first-order chi connectivity index (χ1) is 13.8. The van der Waals surface area contributed by atoms with Crippen LogP contribution in [-0.4, -0.2) is 27.4 Å². The summed E-state index contributed by atoms with van der Waals surface area (Å²) in [5.74, 6) is 0.188. The monoisotopic (exact) mass is 425 g/mol. The van der Waals surface area contributed by atoms with Gasteiger partial charge in [0.2, 0.25) is 0 Å². The Bertz CT molecular complexity index is 1100. The Kier molecular flexibility index (Phi) is 4.76. The number of carbonyl (C=O) groups is 1. The van der Waals surface area contributed by atoms with Crippen LogP contribution in [0, 0.1) is 0 Å². The zero-order valence-electron chi connectivity index (χ0n) is 14.6. The molecule has 0 aliphatic carbocycles. The fourth-order valence-corrected chi connectivity index (χ4v) is 5.36. The number of fused-ring (bicyclic) bond motifs is 1. The Morgan fingerprint density at radius 1 is 1.14 bits per heavy atom. The standard InChI is InChI=1S/C20H15N3O2S3/c24-19(12-28-20-21-13-5-1-2-6-16(13)25-20)23-15(18-8-4-10-27-18)11-14(22-23)17-7-3-9-26-17/h1-10,15H,11-12H2/t15-/m0/s1. The zero-order chi connectivity index (χ0) is 18.9. The number of hydrogen-bond acceptors (Lipinski definition) is 7. The van der Waals surface area contributed by atoms with E-state index in [4.69, 9.17) is 4.42 Å². The summed E-state index contributed by atoms with van der Waals surface area (Å²) in [4.78, 5) is 19.7. The quantitative estimate of drug-likeness (QED) is 0.401. The van der Waals surface area contributed by atoms with Crippen molar-refractivity contribution >= 4 is 57.2 Å². The number of hydrazone groups is 1. The molecule has 1 aliphatic heterocycles. The van der Waals surface area contributed by atoms with Gasteiger partial charge in [-0.05, 0) is 35.0 Å². The Balaban J connectivity index is 1.36. The van der Waals surface area contributed by atoms with Gasteiger partial charge >= 0.3 is 0 Å². The van der Waals surface area contributed by atoms with Crippen LogP contribution >= 0.6 is 34.4 Å². The molecule has 0 saturated carbocycles. The van der Waals surface area contributed by atoms with E-state index in [1.165, 1.54) is 11.8 Å². The Labute approximate surface area is 173 Å². The maximum Gasteiger partial charge on any atom is 0.257 e. The summed E-state index contributed by atoms with van der Waals surface area (Å²) in [7, 11) is 0. The van der Waals surface area contributed by atoms with Gasteiger partial charge in [-0.1, -0.05) is 36.0 Å². The molecule has 4 heterocycles. The van der Waals surface area contributed by atoms with E-state index >= 15 is 0 Å². The minimum absolute atomic E-state index is 0.0442. The molecule has 0 fully saturated rings. The number of carbonyl (C=O) groups excluding carboxylic acids is 1. The van der Waals surface area contributed by atoms with E-state index in [0.29, 0.717) is 5.22 Å². The summed E-state index contributed by atoms with van der Waals surface area (Å²) < 4.78 is 5.71. The second kappa shape index (κ2) is 7.54. The highest BCUT2D eigenvalue weighted by molar-refractivity contribution is 7.99. The van der Waals surface area contributed by atoms with Crippen LogP contribution in [0.1, 0.15) is 22.2 Å². The number of thiophene rings is 2. The van der Waals surface area contributed by atoms with Crippen molar-refractivity contribution in [3.05, 3.63) is 69.0 Å². The molecule has 28 heavy (non-hydrogen) atoms. The van der Waals surface area contributed by atoms with Crippen molar-refractivity contribution in [3.8, 4) is 0 Å². The van der Waals surface area contributed by atoms with E-state index in [1.54, 1.807) is 27.7 Å². The van der Waals surface area contributed by atoms with E-state index in [9.17, 15) is 4.79 Å². The van der Waals surface area contributed by atoms with Gasteiger partial charge in [0.1, 0.15) is 5.52 Å². The fourth-order valence-electron chi connectivity index (χ4n) is 3.14. The van der Waals surface area contributed by atoms with Crippen molar-refractivity contribution < 1.29 is 9.21 Å². The van der Waals surface area contributed by atoms with E-state index in [-0.39, 0.29) is 17.7 Å². The summed E-state index contributed by atoms with van der Waals surface area (Å²) >= 11 is 4.61. The molecule has 0 bridgehead atoms. The Morgan fingerprint density at radius 2 is 2.00 bits per heavy atom.